The SMILES string of the molecule is O=C(Nc1ccc(N2CCN(c3ccccc3F)CC2)cn1)c1cccc(F)c1. The van der Waals surface area contributed by atoms with Gasteiger partial charge in [0.1, 0.15) is 17.5 Å². The summed E-state index contributed by atoms with van der Waals surface area (Å²) in [4.78, 5) is 20.7. The Morgan fingerprint density at radius 1 is 0.897 bits per heavy atom. The molecule has 0 aliphatic carbocycles. The lowest BCUT2D eigenvalue weighted by Crippen LogP contribution is -2.46. The third-order valence-corrected chi connectivity index (χ3v) is 4.91. The second-order valence-electron chi connectivity index (χ2n) is 6.79. The van der Waals surface area contributed by atoms with Crippen LogP contribution in [0.4, 0.5) is 26.0 Å². The van der Waals surface area contributed by atoms with Gasteiger partial charge in [-0.2, -0.15) is 0 Å². The van der Waals surface area contributed by atoms with Gasteiger partial charge in [-0.3, -0.25) is 4.79 Å². The summed E-state index contributed by atoms with van der Waals surface area (Å²) in [5, 5.41) is 2.67. The van der Waals surface area contributed by atoms with Crippen molar-refractivity contribution in [3.8, 4) is 0 Å². The summed E-state index contributed by atoms with van der Waals surface area (Å²) in [5.41, 5.74) is 1.79. The number of aromatic nitrogens is 1. The highest BCUT2D eigenvalue weighted by Gasteiger charge is 2.19. The van der Waals surface area contributed by atoms with Crippen LogP contribution in [0.5, 0.6) is 0 Å². The standard InChI is InChI=1S/C22H20F2N4O/c23-17-5-3-4-16(14-17)22(29)26-21-9-8-18(15-25-21)27-10-12-28(13-11-27)20-7-2-1-6-19(20)24/h1-9,14-15H,10-13H2,(H,25,26,29). The van der Waals surface area contributed by atoms with Crippen molar-refractivity contribution in [2.75, 3.05) is 41.3 Å². The minimum absolute atomic E-state index is 0.207. The van der Waals surface area contributed by atoms with E-state index in [4.69, 9.17) is 0 Å². The molecule has 0 unspecified atom stereocenters. The van der Waals surface area contributed by atoms with Crippen molar-refractivity contribution in [2.24, 2.45) is 0 Å². The lowest BCUT2D eigenvalue weighted by atomic mass is 10.2. The van der Waals surface area contributed by atoms with E-state index in [9.17, 15) is 13.6 Å². The molecule has 0 spiro atoms. The van der Waals surface area contributed by atoms with Crippen molar-refractivity contribution in [3.63, 3.8) is 0 Å². The molecule has 5 nitrogen and oxygen atoms in total. The number of nitrogens with one attached hydrogen (secondary N) is 1. The molecule has 148 valence electrons. The highest BCUT2D eigenvalue weighted by molar-refractivity contribution is 6.03. The van der Waals surface area contributed by atoms with E-state index in [1.54, 1.807) is 30.5 Å². The van der Waals surface area contributed by atoms with Gasteiger partial charge >= 0.3 is 0 Å². The Labute approximate surface area is 167 Å². The molecule has 2 aromatic carbocycles. The molecule has 29 heavy (non-hydrogen) atoms. The summed E-state index contributed by atoms with van der Waals surface area (Å²) in [6.07, 6.45) is 1.69. The smallest absolute Gasteiger partial charge is 0.256 e. The zero-order valence-electron chi connectivity index (χ0n) is 15.7. The van der Waals surface area contributed by atoms with Crippen LogP contribution in [0, 0.1) is 11.6 Å². The van der Waals surface area contributed by atoms with Gasteiger partial charge in [0.2, 0.25) is 0 Å². The van der Waals surface area contributed by atoms with Crippen LogP contribution in [-0.2, 0) is 0 Å². The van der Waals surface area contributed by atoms with E-state index < -0.39 is 11.7 Å². The summed E-state index contributed by atoms with van der Waals surface area (Å²) >= 11 is 0. The van der Waals surface area contributed by atoms with Gasteiger partial charge in [-0.25, -0.2) is 13.8 Å². The molecule has 0 saturated carbocycles. The van der Waals surface area contributed by atoms with Crippen LogP contribution in [0.1, 0.15) is 10.4 Å². The van der Waals surface area contributed by atoms with Gasteiger partial charge in [0.15, 0.2) is 0 Å². The second-order valence-corrected chi connectivity index (χ2v) is 6.79. The number of rotatable bonds is 4. The number of hydrogen-bond acceptors (Lipinski definition) is 4. The Bertz CT molecular complexity index is 1000. The molecule has 1 fully saturated rings. The second kappa shape index (κ2) is 8.26. The number of benzene rings is 2. The maximum absolute atomic E-state index is 14.0. The predicted octanol–water partition coefficient (Wildman–Crippen LogP) is 3.94. The molecule has 2 heterocycles. The van der Waals surface area contributed by atoms with E-state index >= 15 is 0 Å². The first-order chi connectivity index (χ1) is 14.1. The highest BCUT2D eigenvalue weighted by atomic mass is 19.1. The van der Waals surface area contributed by atoms with E-state index in [0.29, 0.717) is 24.6 Å². The zero-order chi connectivity index (χ0) is 20.2. The number of pyridine rings is 1. The lowest BCUT2D eigenvalue weighted by Gasteiger charge is -2.37. The van der Waals surface area contributed by atoms with Crippen LogP contribution < -0.4 is 15.1 Å². The van der Waals surface area contributed by atoms with Crippen LogP contribution in [0.15, 0.2) is 66.9 Å². The van der Waals surface area contributed by atoms with E-state index in [0.717, 1.165) is 18.8 Å². The van der Waals surface area contributed by atoms with Crippen molar-refractivity contribution >= 4 is 23.1 Å². The third kappa shape index (κ3) is 4.34. The average molecular weight is 394 g/mol. The monoisotopic (exact) mass is 394 g/mol. The Morgan fingerprint density at radius 2 is 1.66 bits per heavy atom. The van der Waals surface area contributed by atoms with Crippen LogP contribution in [0.2, 0.25) is 0 Å². The number of halogens is 2. The minimum Gasteiger partial charge on any atom is -0.367 e. The maximum atomic E-state index is 14.0. The summed E-state index contributed by atoms with van der Waals surface area (Å²) in [5.74, 6) is -0.687. The number of carbonyl (C=O) groups excluding carboxylic acids is 1. The zero-order valence-corrected chi connectivity index (χ0v) is 15.7. The summed E-state index contributed by atoms with van der Waals surface area (Å²) < 4.78 is 27.2. The van der Waals surface area contributed by atoms with Crippen LogP contribution in [0.3, 0.4) is 0 Å². The first-order valence-electron chi connectivity index (χ1n) is 9.37. The fraction of sp³-hybridized carbons (Fsp3) is 0.182. The summed E-state index contributed by atoms with van der Waals surface area (Å²) in [6.45, 7) is 2.90. The van der Waals surface area contributed by atoms with Crippen LogP contribution in [-0.4, -0.2) is 37.1 Å². The quantitative estimate of drug-likeness (QED) is 0.728. The van der Waals surface area contributed by atoms with Crippen LogP contribution in [0.25, 0.3) is 0 Å². The topological polar surface area (TPSA) is 48.5 Å². The molecular formula is C22H20F2N4O. The van der Waals surface area contributed by atoms with Gasteiger partial charge in [0.05, 0.1) is 17.6 Å². The van der Waals surface area contributed by atoms with Gasteiger partial charge in [0, 0.05) is 31.7 Å². The molecule has 0 radical (unpaired) electrons. The average Bonchev–Trinajstić information content (AvgIpc) is 2.75. The number of nitrogens with zero attached hydrogens (tertiary/aromatic N) is 3. The molecule has 1 aliphatic heterocycles. The normalized spacial score (nSPS) is 14.0. The summed E-state index contributed by atoms with van der Waals surface area (Å²) in [6, 6.07) is 15.9. The Kier molecular flexibility index (Phi) is 5.37. The fourth-order valence-corrected chi connectivity index (χ4v) is 3.38. The molecule has 7 heteroatoms. The van der Waals surface area contributed by atoms with Crippen molar-refractivity contribution in [2.45, 2.75) is 0 Å². The van der Waals surface area contributed by atoms with Crippen molar-refractivity contribution < 1.29 is 13.6 Å². The number of anilines is 3. The molecule has 4 rings (SSSR count). The maximum Gasteiger partial charge on any atom is 0.256 e. The van der Waals surface area contributed by atoms with Crippen molar-refractivity contribution in [3.05, 3.63) is 84.1 Å². The minimum atomic E-state index is -0.463. The van der Waals surface area contributed by atoms with Gasteiger partial charge in [-0.15, -0.1) is 0 Å². The first-order valence-corrected chi connectivity index (χ1v) is 9.37. The lowest BCUT2D eigenvalue weighted by molar-refractivity contribution is 0.102. The van der Waals surface area contributed by atoms with Crippen molar-refractivity contribution in [1.29, 1.82) is 0 Å². The van der Waals surface area contributed by atoms with Gasteiger partial charge < -0.3 is 15.1 Å². The molecule has 1 aromatic heterocycles. The van der Waals surface area contributed by atoms with Crippen molar-refractivity contribution in [1.82, 2.24) is 4.98 Å². The van der Waals surface area contributed by atoms with E-state index in [1.165, 1.54) is 24.3 Å². The molecule has 1 N–H and O–H groups in total. The molecular weight excluding hydrogens is 374 g/mol. The first kappa shape index (κ1) is 18.9. The fourth-order valence-electron chi connectivity index (χ4n) is 3.38. The number of carbonyl (C=O) groups is 1. The number of amides is 1. The summed E-state index contributed by atoms with van der Waals surface area (Å²) in [7, 11) is 0. The number of hydrogen-bond donors (Lipinski definition) is 1. The Balaban J connectivity index is 1.36. The van der Waals surface area contributed by atoms with E-state index in [2.05, 4.69) is 15.2 Å². The molecule has 1 amide bonds. The molecule has 1 aliphatic rings. The van der Waals surface area contributed by atoms with Gasteiger partial charge in [-0.1, -0.05) is 18.2 Å². The predicted molar refractivity (Wildman–Crippen MR) is 109 cm³/mol. The molecule has 1 saturated heterocycles. The molecule has 0 bridgehead atoms. The van der Waals surface area contributed by atoms with Gasteiger partial charge in [-0.05, 0) is 42.5 Å². The highest BCUT2D eigenvalue weighted by Crippen LogP contribution is 2.23. The van der Waals surface area contributed by atoms with E-state index in [-0.39, 0.29) is 11.4 Å². The number of piperazine rings is 1. The van der Waals surface area contributed by atoms with Crippen LogP contribution >= 0.6 is 0 Å². The molecule has 3 aromatic rings. The van der Waals surface area contributed by atoms with E-state index in [1.807, 2.05) is 17.0 Å². The van der Waals surface area contributed by atoms with Gasteiger partial charge in [0.25, 0.3) is 5.91 Å². The molecule has 0 atom stereocenters. The Morgan fingerprint density at radius 3 is 2.34 bits per heavy atom. The number of para-hydroxylation sites is 1. The third-order valence-electron chi connectivity index (χ3n) is 4.91. The largest absolute Gasteiger partial charge is 0.367 e. The Hall–Kier alpha value is -3.48.